The Hall–Kier alpha value is -2.43. The quantitative estimate of drug-likeness (QED) is 0.475. The Morgan fingerprint density at radius 1 is 1.10 bits per heavy atom. The molecule has 0 aliphatic heterocycles. The monoisotopic (exact) mass is 433 g/mol. The Morgan fingerprint density at radius 2 is 1.81 bits per heavy atom. The van der Waals surface area contributed by atoms with Crippen LogP contribution in [0.4, 0.5) is 0 Å². The maximum Gasteiger partial charge on any atom is 0.337 e. The molecule has 162 valence electrons. The van der Waals surface area contributed by atoms with Crippen LogP contribution in [0.15, 0.2) is 54.6 Å². The third-order valence-corrected chi connectivity index (χ3v) is 7.64. The lowest BCUT2D eigenvalue weighted by atomic mass is 9.76. The van der Waals surface area contributed by atoms with Gasteiger partial charge in [0.1, 0.15) is 0 Å². The van der Waals surface area contributed by atoms with Crippen LogP contribution in [0.3, 0.4) is 0 Å². The Labute approximate surface area is 189 Å². The molecule has 0 amide bonds. The highest BCUT2D eigenvalue weighted by molar-refractivity contribution is 7.16. The molecule has 0 radical (unpaired) electrons. The number of carbonyl (C=O) groups is 1. The summed E-state index contributed by atoms with van der Waals surface area (Å²) in [5, 5.41) is 10.1. The van der Waals surface area contributed by atoms with Gasteiger partial charge in [-0.3, -0.25) is 0 Å². The van der Waals surface area contributed by atoms with Crippen molar-refractivity contribution in [3.63, 3.8) is 0 Å². The van der Waals surface area contributed by atoms with Crippen LogP contribution in [0.5, 0.6) is 0 Å². The second-order valence-corrected chi connectivity index (χ2v) is 10.6. The van der Waals surface area contributed by atoms with Gasteiger partial charge in [-0.25, -0.2) is 4.79 Å². The molecule has 0 fully saturated rings. The second-order valence-electron chi connectivity index (χ2n) is 9.48. The van der Waals surface area contributed by atoms with Gasteiger partial charge in [-0.15, -0.1) is 11.3 Å². The van der Waals surface area contributed by atoms with Crippen LogP contribution in [-0.4, -0.2) is 29.6 Å². The lowest BCUT2D eigenvalue weighted by Gasteiger charge is -2.29. The molecule has 1 aliphatic rings. The molecule has 3 aromatic rings. The van der Waals surface area contributed by atoms with Gasteiger partial charge in [0, 0.05) is 22.8 Å². The van der Waals surface area contributed by atoms with Gasteiger partial charge in [-0.05, 0) is 60.4 Å². The Bertz CT molecular complexity index is 1070. The number of hydrogen-bond acceptors (Lipinski definition) is 3. The van der Waals surface area contributed by atoms with Crippen molar-refractivity contribution in [3.8, 4) is 10.4 Å². The van der Waals surface area contributed by atoms with E-state index in [0.717, 1.165) is 54.8 Å². The van der Waals surface area contributed by atoms with E-state index in [4.69, 9.17) is 0 Å². The SMILES string of the molecule is CN(CCc1ccccc1)Cc1ccccc1-c1sc2c(c1C(=O)O)CC(C)(C)CC2. The standard InChI is InChI=1S/C27H31NO2S/c1-27(2)15-13-23-22(17-27)24(26(29)30)25(31-23)21-12-8-7-11-20(21)18-28(3)16-14-19-9-5-4-6-10-19/h4-12H,13-18H2,1-3H3,(H,29,30). The van der Waals surface area contributed by atoms with Gasteiger partial charge in [0.2, 0.25) is 0 Å². The molecule has 4 heteroatoms. The van der Waals surface area contributed by atoms with E-state index >= 15 is 0 Å². The third-order valence-electron chi connectivity index (χ3n) is 6.32. The Kier molecular flexibility index (Phi) is 6.31. The number of aryl methyl sites for hydroxylation is 1. The minimum atomic E-state index is -0.794. The van der Waals surface area contributed by atoms with E-state index < -0.39 is 5.97 Å². The smallest absolute Gasteiger partial charge is 0.337 e. The first-order valence-corrected chi connectivity index (χ1v) is 11.8. The molecule has 1 heterocycles. The normalized spacial score (nSPS) is 15.1. The number of carboxylic acid groups (broad SMARTS) is 1. The van der Waals surface area contributed by atoms with E-state index in [1.165, 1.54) is 16.0 Å². The number of likely N-dealkylation sites (N-methyl/N-ethyl adjacent to an activating group) is 1. The minimum absolute atomic E-state index is 0.159. The predicted octanol–water partition coefficient (Wildman–Crippen LogP) is 6.30. The average molecular weight is 434 g/mol. The van der Waals surface area contributed by atoms with Crippen molar-refractivity contribution in [2.45, 2.75) is 46.1 Å². The van der Waals surface area contributed by atoms with Gasteiger partial charge in [0.15, 0.2) is 0 Å². The molecule has 3 nitrogen and oxygen atoms in total. The van der Waals surface area contributed by atoms with E-state index in [1.54, 1.807) is 11.3 Å². The van der Waals surface area contributed by atoms with Gasteiger partial charge in [0.05, 0.1) is 5.56 Å². The highest BCUT2D eigenvalue weighted by atomic mass is 32.1. The topological polar surface area (TPSA) is 40.5 Å². The molecule has 0 unspecified atom stereocenters. The third kappa shape index (κ3) is 4.91. The molecular weight excluding hydrogens is 402 g/mol. The van der Waals surface area contributed by atoms with Gasteiger partial charge in [-0.1, -0.05) is 68.4 Å². The van der Waals surface area contributed by atoms with Crippen LogP contribution in [-0.2, 0) is 25.8 Å². The second kappa shape index (κ2) is 8.97. The fourth-order valence-electron chi connectivity index (χ4n) is 4.55. The van der Waals surface area contributed by atoms with Crippen molar-refractivity contribution in [1.82, 2.24) is 4.90 Å². The minimum Gasteiger partial charge on any atom is -0.478 e. The molecule has 1 aliphatic carbocycles. The summed E-state index contributed by atoms with van der Waals surface area (Å²) in [4.78, 5) is 16.8. The van der Waals surface area contributed by atoms with Crippen molar-refractivity contribution in [1.29, 1.82) is 0 Å². The summed E-state index contributed by atoms with van der Waals surface area (Å²) >= 11 is 1.70. The summed E-state index contributed by atoms with van der Waals surface area (Å²) in [6.07, 6.45) is 3.94. The van der Waals surface area contributed by atoms with Crippen LogP contribution in [0.25, 0.3) is 10.4 Å². The maximum absolute atomic E-state index is 12.3. The molecule has 0 spiro atoms. The predicted molar refractivity (Wildman–Crippen MR) is 129 cm³/mol. The molecule has 1 aromatic heterocycles. The van der Waals surface area contributed by atoms with E-state index in [9.17, 15) is 9.90 Å². The fraction of sp³-hybridized carbons (Fsp3) is 0.370. The summed E-state index contributed by atoms with van der Waals surface area (Å²) < 4.78 is 0. The number of aromatic carboxylic acids is 1. The highest BCUT2D eigenvalue weighted by Crippen LogP contribution is 2.45. The molecule has 2 aromatic carbocycles. The van der Waals surface area contributed by atoms with Crippen molar-refractivity contribution in [2.75, 3.05) is 13.6 Å². The van der Waals surface area contributed by atoms with Crippen molar-refractivity contribution in [3.05, 3.63) is 81.7 Å². The van der Waals surface area contributed by atoms with Crippen LogP contribution in [0.2, 0.25) is 0 Å². The van der Waals surface area contributed by atoms with Gasteiger partial charge in [-0.2, -0.15) is 0 Å². The first kappa shape index (κ1) is 21.8. The molecule has 31 heavy (non-hydrogen) atoms. The molecule has 0 saturated heterocycles. The summed E-state index contributed by atoms with van der Waals surface area (Å²) in [7, 11) is 2.14. The fourth-order valence-corrected chi connectivity index (χ4v) is 5.92. The number of benzene rings is 2. The zero-order valence-corrected chi connectivity index (χ0v) is 19.5. The van der Waals surface area contributed by atoms with Crippen molar-refractivity contribution in [2.24, 2.45) is 5.41 Å². The molecule has 4 rings (SSSR count). The number of fused-ring (bicyclic) bond motifs is 1. The summed E-state index contributed by atoms with van der Waals surface area (Å²) in [6.45, 7) is 6.25. The van der Waals surface area contributed by atoms with Crippen LogP contribution in [0.1, 0.15) is 52.2 Å². The van der Waals surface area contributed by atoms with Crippen LogP contribution in [0, 0.1) is 5.41 Å². The van der Waals surface area contributed by atoms with Crippen LogP contribution >= 0.6 is 11.3 Å². The van der Waals surface area contributed by atoms with E-state index in [0.29, 0.717) is 5.56 Å². The van der Waals surface area contributed by atoms with Crippen molar-refractivity contribution < 1.29 is 9.90 Å². The first-order valence-electron chi connectivity index (χ1n) is 11.0. The molecule has 0 saturated carbocycles. The van der Waals surface area contributed by atoms with Gasteiger partial charge in [0.25, 0.3) is 0 Å². The highest BCUT2D eigenvalue weighted by Gasteiger charge is 2.33. The number of thiophene rings is 1. The molecule has 0 bridgehead atoms. The average Bonchev–Trinajstić information content (AvgIpc) is 3.11. The van der Waals surface area contributed by atoms with Gasteiger partial charge >= 0.3 is 5.97 Å². The lowest BCUT2D eigenvalue weighted by Crippen LogP contribution is -2.22. The largest absolute Gasteiger partial charge is 0.478 e. The zero-order valence-electron chi connectivity index (χ0n) is 18.6. The van der Waals surface area contributed by atoms with E-state index in [2.05, 4.69) is 68.3 Å². The van der Waals surface area contributed by atoms with E-state index in [-0.39, 0.29) is 5.41 Å². The number of rotatable bonds is 7. The molecular formula is C27H31NO2S. The summed E-state index contributed by atoms with van der Waals surface area (Å²) in [6, 6.07) is 18.9. The maximum atomic E-state index is 12.3. The number of nitrogens with zero attached hydrogens (tertiary/aromatic N) is 1. The Morgan fingerprint density at radius 3 is 2.55 bits per heavy atom. The number of hydrogen-bond donors (Lipinski definition) is 1. The van der Waals surface area contributed by atoms with E-state index in [1.807, 2.05) is 12.1 Å². The Balaban J connectivity index is 1.62. The zero-order chi connectivity index (χ0) is 22.0. The summed E-state index contributed by atoms with van der Waals surface area (Å²) in [5.74, 6) is -0.794. The first-order chi connectivity index (χ1) is 14.8. The van der Waals surface area contributed by atoms with Crippen molar-refractivity contribution >= 4 is 17.3 Å². The molecule has 0 atom stereocenters. The summed E-state index contributed by atoms with van der Waals surface area (Å²) in [5.41, 5.74) is 5.36. The lowest BCUT2D eigenvalue weighted by molar-refractivity contribution is 0.0696. The van der Waals surface area contributed by atoms with Gasteiger partial charge < -0.3 is 10.0 Å². The molecule has 1 N–H and O–H groups in total. The number of carboxylic acids is 1. The van der Waals surface area contributed by atoms with Crippen LogP contribution < -0.4 is 0 Å².